The summed E-state index contributed by atoms with van der Waals surface area (Å²) in [7, 11) is 0. The Balaban J connectivity index is 1.89. The Bertz CT molecular complexity index is 416. The molecule has 2 rings (SSSR count). The van der Waals surface area contributed by atoms with E-state index in [1.165, 1.54) is 31.4 Å². The largest absolute Gasteiger partial charge is 0.397 e. The van der Waals surface area contributed by atoms with E-state index in [2.05, 4.69) is 5.32 Å². The Hall–Kier alpha value is -1.78. The molecule has 5 heteroatoms. The fraction of sp³-hybridized carbons (Fsp3) is 0.500. The zero-order chi connectivity index (χ0) is 12.3. The lowest BCUT2D eigenvalue weighted by Crippen LogP contribution is -2.16. The van der Waals surface area contributed by atoms with Crippen molar-refractivity contribution < 1.29 is 4.92 Å². The third-order valence-corrected chi connectivity index (χ3v) is 3.34. The van der Waals surface area contributed by atoms with Crippen molar-refractivity contribution in [3.63, 3.8) is 0 Å². The van der Waals surface area contributed by atoms with Gasteiger partial charge >= 0.3 is 0 Å². The number of anilines is 2. The second kappa shape index (κ2) is 5.03. The fourth-order valence-electron chi connectivity index (χ4n) is 2.02. The Morgan fingerprint density at radius 3 is 2.76 bits per heavy atom. The van der Waals surface area contributed by atoms with E-state index in [-0.39, 0.29) is 5.69 Å². The van der Waals surface area contributed by atoms with Crippen molar-refractivity contribution in [2.24, 2.45) is 5.92 Å². The highest BCUT2D eigenvalue weighted by Crippen LogP contribution is 2.30. The van der Waals surface area contributed by atoms with Crippen LogP contribution in [0.25, 0.3) is 0 Å². The SMILES string of the molecule is Nc1cc([N+](=O)[O-])ccc1NCCC1CCC1. The summed E-state index contributed by atoms with van der Waals surface area (Å²) >= 11 is 0. The van der Waals surface area contributed by atoms with Gasteiger partial charge in [0, 0.05) is 18.7 Å². The number of nitrogens with zero attached hydrogens (tertiary/aromatic N) is 1. The normalized spacial score (nSPS) is 15.3. The first kappa shape index (κ1) is 11.7. The molecule has 0 saturated heterocycles. The Kier molecular flexibility index (Phi) is 3.46. The monoisotopic (exact) mass is 235 g/mol. The van der Waals surface area contributed by atoms with Gasteiger partial charge in [0.2, 0.25) is 0 Å². The number of nitro benzene ring substituents is 1. The van der Waals surface area contributed by atoms with Crippen molar-refractivity contribution >= 4 is 17.1 Å². The van der Waals surface area contributed by atoms with Gasteiger partial charge in [-0.15, -0.1) is 0 Å². The molecule has 1 aromatic rings. The van der Waals surface area contributed by atoms with Crippen LogP contribution in [0.4, 0.5) is 17.1 Å². The van der Waals surface area contributed by atoms with Gasteiger partial charge in [-0.25, -0.2) is 0 Å². The van der Waals surface area contributed by atoms with Gasteiger partial charge in [-0.05, 0) is 18.4 Å². The summed E-state index contributed by atoms with van der Waals surface area (Å²) in [6, 6.07) is 4.54. The van der Waals surface area contributed by atoms with Gasteiger partial charge < -0.3 is 11.1 Å². The highest BCUT2D eigenvalue weighted by atomic mass is 16.6. The summed E-state index contributed by atoms with van der Waals surface area (Å²) in [5.41, 5.74) is 7.01. The summed E-state index contributed by atoms with van der Waals surface area (Å²) in [5, 5.41) is 13.8. The molecule has 1 aliphatic rings. The van der Waals surface area contributed by atoms with E-state index in [4.69, 9.17) is 5.73 Å². The van der Waals surface area contributed by atoms with Gasteiger partial charge in [0.15, 0.2) is 0 Å². The van der Waals surface area contributed by atoms with E-state index in [0.29, 0.717) is 5.69 Å². The van der Waals surface area contributed by atoms with Crippen molar-refractivity contribution in [2.75, 3.05) is 17.6 Å². The third kappa shape index (κ3) is 2.87. The molecule has 0 radical (unpaired) electrons. The minimum absolute atomic E-state index is 0.0343. The zero-order valence-corrected chi connectivity index (χ0v) is 9.69. The van der Waals surface area contributed by atoms with Gasteiger partial charge in [-0.2, -0.15) is 0 Å². The van der Waals surface area contributed by atoms with E-state index in [0.717, 1.165) is 24.6 Å². The smallest absolute Gasteiger partial charge is 0.271 e. The molecular weight excluding hydrogens is 218 g/mol. The molecule has 0 amide bonds. The van der Waals surface area contributed by atoms with Crippen molar-refractivity contribution in [3.8, 4) is 0 Å². The molecule has 1 aliphatic carbocycles. The third-order valence-electron chi connectivity index (χ3n) is 3.34. The molecule has 3 N–H and O–H groups in total. The predicted molar refractivity (Wildman–Crippen MR) is 68.0 cm³/mol. The van der Waals surface area contributed by atoms with Crippen LogP contribution in [-0.4, -0.2) is 11.5 Å². The molecular formula is C12H17N3O2. The molecule has 5 nitrogen and oxygen atoms in total. The highest BCUT2D eigenvalue weighted by molar-refractivity contribution is 5.69. The number of nitrogen functional groups attached to an aromatic ring is 1. The van der Waals surface area contributed by atoms with Crippen LogP contribution in [0.3, 0.4) is 0 Å². The molecule has 0 atom stereocenters. The Morgan fingerprint density at radius 2 is 2.24 bits per heavy atom. The van der Waals surface area contributed by atoms with Gasteiger partial charge in [0.25, 0.3) is 5.69 Å². The van der Waals surface area contributed by atoms with Crippen molar-refractivity contribution in [2.45, 2.75) is 25.7 Å². The van der Waals surface area contributed by atoms with Gasteiger partial charge in [0.05, 0.1) is 16.3 Å². The maximum absolute atomic E-state index is 10.5. The van der Waals surface area contributed by atoms with Crippen LogP contribution in [0.1, 0.15) is 25.7 Å². The molecule has 1 aromatic carbocycles. The minimum atomic E-state index is -0.436. The standard InChI is InChI=1S/C12H17N3O2/c13-11-8-10(15(16)17)4-5-12(11)14-7-6-9-2-1-3-9/h4-5,8-9,14H,1-3,6-7,13H2. The number of hydrogen-bond acceptors (Lipinski definition) is 4. The minimum Gasteiger partial charge on any atom is -0.397 e. The molecule has 0 heterocycles. The Morgan fingerprint density at radius 1 is 1.47 bits per heavy atom. The quantitative estimate of drug-likeness (QED) is 0.467. The molecule has 0 aromatic heterocycles. The van der Waals surface area contributed by atoms with Crippen LogP contribution in [0, 0.1) is 16.0 Å². The molecule has 0 bridgehead atoms. The molecule has 92 valence electrons. The van der Waals surface area contributed by atoms with Crippen LogP contribution in [0.15, 0.2) is 18.2 Å². The predicted octanol–water partition coefficient (Wildman–Crippen LogP) is 2.78. The zero-order valence-electron chi connectivity index (χ0n) is 9.69. The van der Waals surface area contributed by atoms with E-state index >= 15 is 0 Å². The molecule has 1 fully saturated rings. The summed E-state index contributed by atoms with van der Waals surface area (Å²) < 4.78 is 0. The molecule has 0 aliphatic heterocycles. The van der Waals surface area contributed by atoms with Crippen LogP contribution >= 0.6 is 0 Å². The van der Waals surface area contributed by atoms with Gasteiger partial charge in [0.1, 0.15) is 0 Å². The summed E-state index contributed by atoms with van der Waals surface area (Å²) in [6.07, 6.45) is 5.16. The molecule has 0 spiro atoms. The van der Waals surface area contributed by atoms with Crippen LogP contribution in [0.5, 0.6) is 0 Å². The topological polar surface area (TPSA) is 81.2 Å². The first-order valence-electron chi connectivity index (χ1n) is 5.94. The number of nitrogens with one attached hydrogen (secondary N) is 1. The number of nitro groups is 1. The van der Waals surface area contributed by atoms with E-state index in [1.54, 1.807) is 6.07 Å². The van der Waals surface area contributed by atoms with E-state index in [9.17, 15) is 10.1 Å². The maximum Gasteiger partial charge on any atom is 0.271 e. The van der Waals surface area contributed by atoms with Crippen LogP contribution in [0.2, 0.25) is 0 Å². The first-order chi connectivity index (χ1) is 8.16. The second-order valence-corrected chi connectivity index (χ2v) is 4.54. The lowest BCUT2D eigenvalue weighted by Gasteiger charge is -2.25. The highest BCUT2D eigenvalue weighted by Gasteiger charge is 2.16. The lowest BCUT2D eigenvalue weighted by molar-refractivity contribution is -0.384. The number of nitrogens with two attached hydrogens (primary N) is 1. The van der Waals surface area contributed by atoms with E-state index in [1.807, 2.05) is 0 Å². The summed E-state index contributed by atoms with van der Waals surface area (Å²) in [5.74, 6) is 0.849. The van der Waals surface area contributed by atoms with Gasteiger partial charge in [-0.1, -0.05) is 19.3 Å². The number of rotatable bonds is 5. The lowest BCUT2D eigenvalue weighted by atomic mass is 9.83. The van der Waals surface area contributed by atoms with Crippen molar-refractivity contribution in [3.05, 3.63) is 28.3 Å². The summed E-state index contributed by atoms with van der Waals surface area (Å²) in [4.78, 5) is 10.1. The van der Waals surface area contributed by atoms with Crippen molar-refractivity contribution in [1.29, 1.82) is 0 Å². The molecule has 0 unspecified atom stereocenters. The number of benzene rings is 1. The number of non-ortho nitro benzene ring substituents is 1. The fourth-order valence-corrected chi connectivity index (χ4v) is 2.02. The van der Waals surface area contributed by atoms with Crippen molar-refractivity contribution in [1.82, 2.24) is 0 Å². The maximum atomic E-state index is 10.5. The average molecular weight is 235 g/mol. The van der Waals surface area contributed by atoms with E-state index < -0.39 is 4.92 Å². The second-order valence-electron chi connectivity index (χ2n) is 4.54. The Labute approximate surface area is 100 Å². The van der Waals surface area contributed by atoms with Crippen LogP contribution < -0.4 is 11.1 Å². The summed E-state index contributed by atoms with van der Waals surface area (Å²) in [6.45, 7) is 0.882. The van der Waals surface area contributed by atoms with Gasteiger partial charge in [-0.3, -0.25) is 10.1 Å². The average Bonchev–Trinajstić information content (AvgIpc) is 2.23. The molecule has 17 heavy (non-hydrogen) atoms. The van der Waals surface area contributed by atoms with Crippen LogP contribution in [-0.2, 0) is 0 Å². The molecule has 1 saturated carbocycles. The first-order valence-corrected chi connectivity index (χ1v) is 5.94. The number of hydrogen-bond donors (Lipinski definition) is 2.